The number of carbonyl (C=O) groups excluding carboxylic acids is 1. The molecular weight excluding hydrogens is 336 g/mol. The maximum Gasteiger partial charge on any atom is 0.188 e. The second-order valence-corrected chi connectivity index (χ2v) is 6.07. The van der Waals surface area contributed by atoms with Gasteiger partial charge in [-0.25, -0.2) is 0 Å². The predicted molar refractivity (Wildman–Crippen MR) is 86.4 cm³/mol. The van der Waals surface area contributed by atoms with Crippen LogP contribution in [0.5, 0.6) is 0 Å². The van der Waals surface area contributed by atoms with Crippen molar-refractivity contribution in [1.29, 1.82) is 0 Å². The van der Waals surface area contributed by atoms with Crippen LogP contribution in [0.15, 0.2) is 57.9 Å². The molecule has 0 N–H and O–H groups in total. The molecule has 0 unspecified atom stereocenters. The largest absolute Gasteiger partial charge is 0.369 e. The number of hydrogen-bond donors (Lipinski definition) is 0. The minimum Gasteiger partial charge on any atom is -0.369 e. The van der Waals surface area contributed by atoms with Gasteiger partial charge in [0.2, 0.25) is 0 Å². The Labute approximate surface area is 131 Å². The van der Waals surface area contributed by atoms with E-state index in [1.165, 1.54) is 0 Å². The molecule has 4 heteroatoms. The Morgan fingerprint density at radius 1 is 1.20 bits per heavy atom. The molecule has 0 heterocycles. The number of carbonyl (C=O) groups is 1. The number of benzene rings is 2. The molecule has 2 rings (SSSR count). The topological polar surface area (TPSA) is 26.3 Å². The highest BCUT2D eigenvalue weighted by atomic mass is 79.9. The fourth-order valence-electron chi connectivity index (χ4n) is 1.75. The van der Waals surface area contributed by atoms with Crippen LogP contribution in [0.25, 0.3) is 0 Å². The van der Waals surface area contributed by atoms with Crippen molar-refractivity contribution >= 4 is 33.5 Å². The average Bonchev–Trinajstić information content (AvgIpc) is 2.47. The summed E-state index contributed by atoms with van der Waals surface area (Å²) >= 11 is 5.07. The van der Waals surface area contributed by atoms with Gasteiger partial charge in [0, 0.05) is 14.9 Å². The van der Waals surface area contributed by atoms with E-state index in [1.807, 2.05) is 54.8 Å². The normalized spacial score (nSPS) is 10.5. The number of halogens is 1. The van der Waals surface area contributed by atoms with Crippen molar-refractivity contribution in [2.24, 2.45) is 0 Å². The van der Waals surface area contributed by atoms with E-state index in [0.717, 1.165) is 14.9 Å². The van der Waals surface area contributed by atoms with Crippen molar-refractivity contribution in [2.45, 2.75) is 11.5 Å². The maximum atomic E-state index is 12.0. The molecule has 0 saturated heterocycles. The van der Waals surface area contributed by atoms with E-state index >= 15 is 0 Å². The lowest BCUT2D eigenvalue weighted by molar-refractivity contribution is 0.0726. The first-order valence-corrected chi connectivity index (χ1v) is 8.20. The monoisotopic (exact) mass is 350 g/mol. The van der Waals surface area contributed by atoms with Crippen LogP contribution >= 0.6 is 27.7 Å². The summed E-state index contributed by atoms with van der Waals surface area (Å²) in [6.07, 6.45) is 2.01. The lowest BCUT2D eigenvalue weighted by atomic mass is 10.1. The zero-order valence-electron chi connectivity index (χ0n) is 11.1. The molecule has 0 amide bonds. The quantitative estimate of drug-likeness (QED) is 0.563. The Balaban J connectivity index is 1.85. The molecule has 104 valence electrons. The summed E-state index contributed by atoms with van der Waals surface area (Å²) in [4.78, 5) is 13.1. The van der Waals surface area contributed by atoms with Gasteiger partial charge >= 0.3 is 0 Å². The Bertz CT molecular complexity index is 581. The first-order valence-electron chi connectivity index (χ1n) is 6.18. The molecule has 0 fully saturated rings. The molecule has 20 heavy (non-hydrogen) atoms. The Hall–Kier alpha value is -1.10. The zero-order chi connectivity index (χ0) is 14.4. The van der Waals surface area contributed by atoms with E-state index in [2.05, 4.69) is 15.9 Å². The van der Waals surface area contributed by atoms with Gasteiger partial charge in [0.05, 0.1) is 6.61 Å². The van der Waals surface area contributed by atoms with Gasteiger partial charge in [0.25, 0.3) is 0 Å². The number of hydrogen-bond acceptors (Lipinski definition) is 3. The van der Waals surface area contributed by atoms with Crippen LogP contribution in [0.2, 0.25) is 0 Å². The van der Waals surface area contributed by atoms with Crippen molar-refractivity contribution in [3.05, 3.63) is 64.1 Å². The third-order valence-electron chi connectivity index (χ3n) is 2.80. The molecular formula is C16H15BrO2S. The molecule has 0 radical (unpaired) electrons. The summed E-state index contributed by atoms with van der Waals surface area (Å²) in [6.45, 7) is 0.541. The van der Waals surface area contributed by atoms with Gasteiger partial charge < -0.3 is 4.74 Å². The van der Waals surface area contributed by atoms with Gasteiger partial charge in [-0.3, -0.25) is 4.79 Å². The summed E-state index contributed by atoms with van der Waals surface area (Å²) < 4.78 is 6.48. The Morgan fingerprint density at radius 2 is 1.95 bits per heavy atom. The molecule has 2 aromatic carbocycles. The molecule has 2 nitrogen and oxygen atoms in total. The Morgan fingerprint density at radius 3 is 2.60 bits per heavy atom. The summed E-state index contributed by atoms with van der Waals surface area (Å²) in [5.41, 5.74) is 1.74. The third-order valence-corrected chi connectivity index (χ3v) is 4.04. The van der Waals surface area contributed by atoms with E-state index in [4.69, 9.17) is 4.74 Å². The molecule has 0 aliphatic heterocycles. The molecule has 2 aromatic rings. The van der Waals surface area contributed by atoms with Crippen LogP contribution in [0.3, 0.4) is 0 Å². The van der Waals surface area contributed by atoms with Crippen LogP contribution in [0, 0.1) is 0 Å². The highest BCUT2D eigenvalue weighted by Crippen LogP contribution is 2.15. The van der Waals surface area contributed by atoms with Crippen LogP contribution in [0.1, 0.15) is 15.9 Å². The van der Waals surface area contributed by atoms with E-state index in [1.54, 1.807) is 11.8 Å². The summed E-state index contributed by atoms with van der Waals surface area (Å²) in [5, 5.41) is 0. The molecule has 0 aliphatic carbocycles. The van der Waals surface area contributed by atoms with Gasteiger partial charge in [-0.05, 0) is 36.1 Å². The van der Waals surface area contributed by atoms with Crippen molar-refractivity contribution in [3.63, 3.8) is 0 Å². The molecule has 0 spiro atoms. The van der Waals surface area contributed by atoms with E-state index in [0.29, 0.717) is 12.2 Å². The van der Waals surface area contributed by atoms with E-state index < -0.39 is 0 Å². The average molecular weight is 351 g/mol. The van der Waals surface area contributed by atoms with Gasteiger partial charge in [0.15, 0.2) is 5.78 Å². The van der Waals surface area contributed by atoms with Crippen LogP contribution in [-0.2, 0) is 11.3 Å². The third kappa shape index (κ3) is 4.47. The van der Waals surface area contributed by atoms with Crippen molar-refractivity contribution in [1.82, 2.24) is 0 Å². The second kappa shape index (κ2) is 7.62. The van der Waals surface area contributed by atoms with Crippen molar-refractivity contribution < 1.29 is 9.53 Å². The summed E-state index contributed by atoms with van der Waals surface area (Å²) in [5.74, 6) is 0.00708. The lowest BCUT2D eigenvalue weighted by Crippen LogP contribution is -2.09. The minimum absolute atomic E-state index is 0.00708. The maximum absolute atomic E-state index is 12.0. The number of ketones is 1. The highest BCUT2D eigenvalue weighted by molar-refractivity contribution is 9.10. The van der Waals surface area contributed by atoms with Crippen LogP contribution in [-0.4, -0.2) is 18.6 Å². The SMILES string of the molecule is CSc1ccc(C(=O)COCc2cccc(Br)c2)cc1. The van der Waals surface area contributed by atoms with Crippen LogP contribution in [0.4, 0.5) is 0 Å². The van der Waals surface area contributed by atoms with Gasteiger partial charge in [0.1, 0.15) is 6.61 Å². The second-order valence-electron chi connectivity index (χ2n) is 4.27. The van der Waals surface area contributed by atoms with Crippen LogP contribution < -0.4 is 0 Å². The van der Waals surface area contributed by atoms with Gasteiger partial charge in [-0.15, -0.1) is 11.8 Å². The first kappa shape index (κ1) is 15.3. The number of thioether (sulfide) groups is 1. The number of Topliss-reactive ketones (excluding diaryl/α,β-unsaturated/α-hetero) is 1. The highest BCUT2D eigenvalue weighted by Gasteiger charge is 2.06. The Kier molecular flexibility index (Phi) is 5.83. The van der Waals surface area contributed by atoms with Gasteiger partial charge in [-0.1, -0.05) is 40.2 Å². The fourth-order valence-corrected chi connectivity index (χ4v) is 2.60. The predicted octanol–water partition coefficient (Wildman–Crippen LogP) is 4.57. The zero-order valence-corrected chi connectivity index (χ0v) is 13.5. The fraction of sp³-hybridized carbons (Fsp3) is 0.188. The smallest absolute Gasteiger partial charge is 0.188 e. The van der Waals surface area contributed by atoms with E-state index in [-0.39, 0.29) is 12.4 Å². The minimum atomic E-state index is 0.00708. The van der Waals surface area contributed by atoms with E-state index in [9.17, 15) is 4.79 Å². The molecule has 0 atom stereocenters. The number of rotatable bonds is 6. The standard InChI is InChI=1S/C16H15BrO2S/c1-20-15-7-5-13(6-8-15)16(18)11-19-10-12-3-2-4-14(17)9-12/h2-9H,10-11H2,1H3. The molecule has 0 bridgehead atoms. The number of ether oxygens (including phenoxy) is 1. The first-order chi connectivity index (χ1) is 9.69. The molecule has 0 aromatic heterocycles. The molecule has 0 saturated carbocycles. The summed E-state index contributed by atoms with van der Waals surface area (Å²) in [7, 11) is 0. The summed E-state index contributed by atoms with van der Waals surface area (Å²) in [6, 6.07) is 15.5. The lowest BCUT2D eigenvalue weighted by Gasteiger charge is -2.05. The molecule has 0 aliphatic rings. The van der Waals surface area contributed by atoms with Crippen molar-refractivity contribution in [2.75, 3.05) is 12.9 Å². The van der Waals surface area contributed by atoms with Gasteiger partial charge in [-0.2, -0.15) is 0 Å². The van der Waals surface area contributed by atoms with Crippen molar-refractivity contribution in [3.8, 4) is 0 Å².